The molecule has 0 aliphatic rings. The Bertz CT molecular complexity index is 1500. The van der Waals surface area contributed by atoms with Crippen LogP contribution in [-0.4, -0.2) is 50.4 Å². The van der Waals surface area contributed by atoms with Gasteiger partial charge in [-0.05, 0) is 92.9 Å². The van der Waals surface area contributed by atoms with E-state index in [0.29, 0.717) is 39.4 Å². The first-order valence-corrected chi connectivity index (χ1v) is 16.5. The molecule has 3 rings (SSSR count). The molecule has 8 nitrogen and oxygen atoms in total. The van der Waals surface area contributed by atoms with Crippen LogP contribution >= 0.6 is 34.8 Å². The molecule has 0 heterocycles. The maximum absolute atomic E-state index is 14.2. The van der Waals surface area contributed by atoms with Crippen molar-refractivity contribution in [3.05, 3.63) is 87.4 Å². The summed E-state index contributed by atoms with van der Waals surface area (Å²) in [6.45, 7) is 7.25. The van der Waals surface area contributed by atoms with Crippen molar-refractivity contribution >= 4 is 62.3 Å². The van der Waals surface area contributed by atoms with Crippen molar-refractivity contribution in [1.82, 2.24) is 10.2 Å². The minimum atomic E-state index is -4.24. The average molecular weight is 669 g/mol. The van der Waals surface area contributed by atoms with Crippen molar-refractivity contribution in [2.24, 2.45) is 0 Å². The maximum atomic E-state index is 14.2. The molecule has 0 aliphatic heterocycles. The number of anilines is 1. The minimum Gasteiger partial charge on any atom is -0.494 e. The van der Waals surface area contributed by atoms with Crippen LogP contribution in [0.3, 0.4) is 0 Å². The van der Waals surface area contributed by atoms with Crippen LogP contribution < -0.4 is 14.4 Å². The van der Waals surface area contributed by atoms with Gasteiger partial charge in [0.25, 0.3) is 10.0 Å². The van der Waals surface area contributed by atoms with Crippen molar-refractivity contribution in [2.45, 2.75) is 64.1 Å². The maximum Gasteiger partial charge on any atom is 0.264 e. The van der Waals surface area contributed by atoms with Gasteiger partial charge in [0, 0.05) is 27.7 Å². The molecule has 0 aliphatic carbocycles. The van der Waals surface area contributed by atoms with E-state index in [4.69, 9.17) is 39.5 Å². The summed E-state index contributed by atoms with van der Waals surface area (Å²) >= 11 is 18.6. The zero-order valence-electron chi connectivity index (χ0n) is 24.5. The lowest BCUT2D eigenvalue weighted by molar-refractivity contribution is -0.140. The quantitative estimate of drug-likeness (QED) is 0.200. The Balaban J connectivity index is 2.08. The molecule has 0 bridgehead atoms. The molecule has 0 radical (unpaired) electrons. The molecule has 0 spiro atoms. The number of sulfonamides is 1. The van der Waals surface area contributed by atoms with Gasteiger partial charge in [-0.2, -0.15) is 0 Å². The molecule has 0 unspecified atom stereocenters. The van der Waals surface area contributed by atoms with Gasteiger partial charge in [0.2, 0.25) is 11.8 Å². The van der Waals surface area contributed by atoms with Crippen LogP contribution in [-0.2, 0) is 26.2 Å². The monoisotopic (exact) mass is 667 g/mol. The van der Waals surface area contributed by atoms with Gasteiger partial charge in [-0.3, -0.25) is 13.9 Å². The minimum absolute atomic E-state index is 0.0423. The van der Waals surface area contributed by atoms with Gasteiger partial charge in [-0.25, -0.2) is 8.42 Å². The van der Waals surface area contributed by atoms with Crippen molar-refractivity contribution in [3.63, 3.8) is 0 Å². The predicted octanol–water partition coefficient (Wildman–Crippen LogP) is 6.96. The van der Waals surface area contributed by atoms with Crippen molar-refractivity contribution in [1.29, 1.82) is 0 Å². The SMILES string of the molecule is CCOc1ccc(N(CC(=O)N(Cc2ccc(Cl)cc2Cl)[C@H](CC)C(=O)N[C@@H](C)CC)S(=O)(=O)c2ccc(Cl)cc2)cc1. The molecule has 3 aromatic rings. The smallest absolute Gasteiger partial charge is 0.264 e. The highest BCUT2D eigenvalue weighted by Gasteiger charge is 2.34. The molecule has 2 amide bonds. The van der Waals surface area contributed by atoms with Gasteiger partial charge in [0.05, 0.1) is 17.2 Å². The number of nitrogens with one attached hydrogen (secondary N) is 1. The van der Waals surface area contributed by atoms with Gasteiger partial charge in [0.15, 0.2) is 0 Å². The average Bonchev–Trinajstić information content (AvgIpc) is 2.97. The van der Waals surface area contributed by atoms with Crippen LogP contribution in [0.15, 0.2) is 71.6 Å². The second-order valence-corrected chi connectivity index (χ2v) is 13.0. The Labute approximate surface area is 268 Å². The number of rotatable bonds is 14. The number of hydrogen-bond acceptors (Lipinski definition) is 5. The second kappa shape index (κ2) is 15.7. The molecule has 43 heavy (non-hydrogen) atoms. The summed E-state index contributed by atoms with van der Waals surface area (Å²) < 4.78 is 34.5. The van der Waals surface area contributed by atoms with Crippen LogP contribution in [0.2, 0.25) is 15.1 Å². The Morgan fingerprint density at radius 2 is 1.51 bits per heavy atom. The topological polar surface area (TPSA) is 96.0 Å². The van der Waals surface area contributed by atoms with E-state index < -0.39 is 28.5 Å². The van der Waals surface area contributed by atoms with E-state index in [1.54, 1.807) is 49.4 Å². The number of carbonyl (C=O) groups excluding carboxylic acids is 2. The first-order chi connectivity index (χ1) is 20.4. The zero-order valence-corrected chi connectivity index (χ0v) is 27.6. The number of halogens is 3. The Morgan fingerprint density at radius 3 is 2.07 bits per heavy atom. The van der Waals surface area contributed by atoms with E-state index in [2.05, 4.69) is 5.32 Å². The van der Waals surface area contributed by atoms with E-state index in [9.17, 15) is 18.0 Å². The van der Waals surface area contributed by atoms with Crippen LogP contribution in [0.25, 0.3) is 0 Å². The molecule has 0 fully saturated rings. The summed E-state index contributed by atoms with van der Waals surface area (Å²) in [5.74, 6) is -0.389. The second-order valence-electron chi connectivity index (χ2n) is 9.89. The van der Waals surface area contributed by atoms with E-state index >= 15 is 0 Å². The van der Waals surface area contributed by atoms with Gasteiger partial charge < -0.3 is 15.0 Å². The van der Waals surface area contributed by atoms with Crippen molar-refractivity contribution < 1.29 is 22.7 Å². The largest absolute Gasteiger partial charge is 0.494 e. The first kappa shape index (κ1) is 34.5. The first-order valence-electron chi connectivity index (χ1n) is 14.0. The molecular formula is C31H36Cl3N3O5S. The molecular weight excluding hydrogens is 633 g/mol. The zero-order chi connectivity index (χ0) is 31.7. The highest BCUT2D eigenvalue weighted by Crippen LogP contribution is 2.28. The van der Waals surface area contributed by atoms with E-state index in [0.717, 1.165) is 4.31 Å². The lowest BCUT2D eigenvalue weighted by Gasteiger charge is -2.34. The highest BCUT2D eigenvalue weighted by molar-refractivity contribution is 7.92. The van der Waals surface area contributed by atoms with Crippen molar-refractivity contribution in [3.8, 4) is 5.75 Å². The molecule has 0 aromatic heterocycles. The number of benzene rings is 3. The summed E-state index contributed by atoms with van der Waals surface area (Å²) in [4.78, 5) is 28.9. The van der Waals surface area contributed by atoms with Gasteiger partial charge in [0.1, 0.15) is 18.3 Å². The summed E-state index contributed by atoms with van der Waals surface area (Å²) in [5.41, 5.74) is 0.802. The number of hydrogen-bond donors (Lipinski definition) is 1. The highest BCUT2D eigenvalue weighted by atomic mass is 35.5. The molecule has 232 valence electrons. The van der Waals surface area contributed by atoms with E-state index in [-0.39, 0.29) is 35.5 Å². The van der Waals surface area contributed by atoms with Crippen LogP contribution in [0.1, 0.15) is 46.1 Å². The summed E-state index contributed by atoms with van der Waals surface area (Å²) in [7, 11) is -4.24. The third-order valence-corrected chi connectivity index (χ3v) is 9.49. The van der Waals surface area contributed by atoms with E-state index in [1.807, 2.05) is 20.8 Å². The van der Waals surface area contributed by atoms with E-state index in [1.165, 1.54) is 29.2 Å². The Morgan fingerprint density at radius 1 is 0.884 bits per heavy atom. The predicted molar refractivity (Wildman–Crippen MR) is 173 cm³/mol. The Hall–Kier alpha value is -2.98. The number of nitrogens with zero attached hydrogens (tertiary/aromatic N) is 2. The molecule has 2 atom stereocenters. The summed E-state index contributed by atoms with van der Waals surface area (Å²) in [6, 6.07) is 15.9. The fourth-order valence-electron chi connectivity index (χ4n) is 4.33. The van der Waals surface area contributed by atoms with Crippen molar-refractivity contribution in [2.75, 3.05) is 17.5 Å². The Kier molecular flexibility index (Phi) is 12.6. The third-order valence-electron chi connectivity index (χ3n) is 6.86. The lowest BCUT2D eigenvalue weighted by atomic mass is 10.1. The van der Waals surface area contributed by atoms with Gasteiger partial charge in [-0.1, -0.05) is 54.7 Å². The molecule has 0 saturated heterocycles. The number of ether oxygens (including phenoxy) is 1. The normalized spacial score (nSPS) is 12.7. The molecule has 0 saturated carbocycles. The fraction of sp³-hybridized carbons (Fsp3) is 0.355. The summed E-state index contributed by atoms with van der Waals surface area (Å²) in [6.07, 6.45) is 0.982. The van der Waals surface area contributed by atoms with Crippen LogP contribution in [0.4, 0.5) is 5.69 Å². The lowest BCUT2D eigenvalue weighted by Crippen LogP contribution is -2.53. The van der Waals surface area contributed by atoms with Crippen LogP contribution in [0, 0.1) is 0 Å². The molecule has 1 N–H and O–H groups in total. The fourth-order valence-corrected chi connectivity index (χ4v) is 6.34. The van der Waals surface area contributed by atoms with Gasteiger partial charge in [-0.15, -0.1) is 0 Å². The summed E-state index contributed by atoms with van der Waals surface area (Å²) in [5, 5.41) is 4.05. The number of carbonyl (C=O) groups is 2. The standard InChI is InChI=1S/C31H36Cl3N3O5S/c1-5-21(4)35-31(39)29(6-2)36(19-22-8-9-24(33)18-28(22)34)30(38)20-37(25-12-14-26(15-13-25)42-7-3)43(40,41)27-16-10-23(32)11-17-27/h8-18,21,29H,5-7,19-20H2,1-4H3,(H,35,39)/t21-,29+/m0/s1. The van der Waals surface area contributed by atoms with Gasteiger partial charge >= 0.3 is 0 Å². The van der Waals surface area contributed by atoms with Crippen LogP contribution in [0.5, 0.6) is 5.75 Å². The molecule has 3 aromatic carbocycles. The number of amides is 2. The molecule has 12 heteroatoms. The third kappa shape index (κ3) is 9.01.